The number of aromatic nitrogens is 1. The second-order valence-electron chi connectivity index (χ2n) is 4.12. The van der Waals surface area contributed by atoms with Crippen molar-refractivity contribution in [2.75, 3.05) is 30.7 Å². The zero-order chi connectivity index (χ0) is 15.9. The van der Waals surface area contributed by atoms with Crippen molar-refractivity contribution in [3.05, 3.63) is 23.6 Å². The van der Waals surface area contributed by atoms with Crippen molar-refractivity contribution < 1.29 is 17.6 Å². The Hall–Kier alpha value is -1.74. The highest BCUT2D eigenvalue weighted by atomic mass is 32.2. The lowest BCUT2D eigenvalue weighted by molar-refractivity contribution is 0.0952. The molecule has 0 aliphatic rings. The van der Waals surface area contributed by atoms with E-state index in [0.29, 0.717) is 6.54 Å². The summed E-state index contributed by atoms with van der Waals surface area (Å²) in [5.74, 6) is -1.71. The largest absolute Gasteiger partial charge is 0.368 e. The first kappa shape index (κ1) is 17.3. The Labute approximate surface area is 123 Å². The number of carbonyl (C=O) groups excluding carboxylic acids is 1. The minimum Gasteiger partial charge on any atom is -0.368 e. The topological polar surface area (TPSA) is 100 Å². The van der Waals surface area contributed by atoms with Crippen LogP contribution in [0.3, 0.4) is 0 Å². The molecule has 3 N–H and O–H groups in total. The lowest BCUT2D eigenvalue weighted by atomic mass is 10.2. The average molecular weight is 318 g/mol. The number of halogens is 1. The van der Waals surface area contributed by atoms with Crippen LogP contribution in [0.2, 0.25) is 0 Å². The molecule has 0 fully saturated rings. The van der Waals surface area contributed by atoms with Gasteiger partial charge in [0.25, 0.3) is 5.91 Å². The van der Waals surface area contributed by atoms with Gasteiger partial charge >= 0.3 is 0 Å². The van der Waals surface area contributed by atoms with E-state index in [4.69, 9.17) is 0 Å². The Balaban J connectivity index is 2.66. The van der Waals surface area contributed by atoms with Gasteiger partial charge in [0.1, 0.15) is 0 Å². The fourth-order valence-electron chi connectivity index (χ4n) is 1.60. The van der Waals surface area contributed by atoms with Gasteiger partial charge in [0.05, 0.1) is 11.3 Å². The van der Waals surface area contributed by atoms with Gasteiger partial charge in [-0.1, -0.05) is 6.92 Å². The van der Waals surface area contributed by atoms with Crippen molar-refractivity contribution in [3.8, 4) is 0 Å². The summed E-state index contributed by atoms with van der Waals surface area (Å²) >= 11 is 0. The molecule has 0 radical (unpaired) electrons. The van der Waals surface area contributed by atoms with Gasteiger partial charge in [0.2, 0.25) is 10.0 Å². The van der Waals surface area contributed by atoms with E-state index in [1.54, 1.807) is 13.8 Å². The predicted molar refractivity (Wildman–Crippen MR) is 78.2 cm³/mol. The van der Waals surface area contributed by atoms with E-state index in [-0.39, 0.29) is 30.2 Å². The molecule has 0 aliphatic carbocycles. The number of amides is 1. The van der Waals surface area contributed by atoms with Crippen LogP contribution in [0, 0.1) is 5.82 Å². The van der Waals surface area contributed by atoms with Gasteiger partial charge in [-0.15, -0.1) is 0 Å². The molecule has 1 heterocycles. The number of rotatable bonds is 8. The second-order valence-corrected chi connectivity index (χ2v) is 6.05. The molecule has 0 bridgehead atoms. The van der Waals surface area contributed by atoms with Crippen molar-refractivity contribution in [1.82, 2.24) is 15.0 Å². The molecule has 0 spiro atoms. The van der Waals surface area contributed by atoms with Crippen LogP contribution in [0.5, 0.6) is 0 Å². The van der Waals surface area contributed by atoms with Crippen LogP contribution in [-0.2, 0) is 10.0 Å². The van der Waals surface area contributed by atoms with Crippen molar-refractivity contribution in [2.45, 2.75) is 13.8 Å². The highest BCUT2D eigenvalue weighted by Gasteiger charge is 2.16. The van der Waals surface area contributed by atoms with E-state index < -0.39 is 21.7 Å². The fourth-order valence-corrected chi connectivity index (χ4v) is 2.55. The fraction of sp³-hybridized carbons (Fsp3) is 0.500. The minimum atomic E-state index is -3.42. The average Bonchev–Trinajstić information content (AvgIpc) is 2.41. The maximum Gasteiger partial charge on any atom is 0.254 e. The van der Waals surface area contributed by atoms with E-state index in [1.165, 1.54) is 12.3 Å². The molecule has 0 atom stereocenters. The third-order valence-corrected chi connectivity index (χ3v) is 3.97. The van der Waals surface area contributed by atoms with Crippen molar-refractivity contribution in [2.24, 2.45) is 0 Å². The van der Waals surface area contributed by atoms with Crippen molar-refractivity contribution in [1.29, 1.82) is 0 Å². The molecular weight excluding hydrogens is 299 g/mol. The van der Waals surface area contributed by atoms with Gasteiger partial charge in [-0.05, 0) is 13.0 Å². The number of pyridine rings is 1. The number of anilines is 1. The molecule has 1 aromatic rings. The molecule has 1 rings (SSSR count). The van der Waals surface area contributed by atoms with Gasteiger partial charge in [-0.3, -0.25) is 4.79 Å². The van der Waals surface area contributed by atoms with E-state index >= 15 is 0 Å². The third-order valence-electron chi connectivity index (χ3n) is 2.50. The predicted octanol–water partition coefficient (Wildman–Crippen LogP) is 0.322. The van der Waals surface area contributed by atoms with E-state index in [1.807, 2.05) is 0 Å². The van der Waals surface area contributed by atoms with E-state index in [9.17, 15) is 17.6 Å². The SMILES string of the molecule is CCNc1nccc(C(=O)NCCS(=O)(=O)NCC)c1F. The summed E-state index contributed by atoms with van der Waals surface area (Å²) in [6.07, 6.45) is 1.31. The summed E-state index contributed by atoms with van der Waals surface area (Å²) < 4.78 is 39.1. The number of carbonyl (C=O) groups is 1. The summed E-state index contributed by atoms with van der Waals surface area (Å²) in [5, 5.41) is 5.07. The number of sulfonamides is 1. The highest BCUT2D eigenvalue weighted by Crippen LogP contribution is 2.14. The summed E-state index contributed by atoms with van der Waals surface area (Å²) in [6.45, 7) is 4.08. The third kappa shape index (κ3) is 5.27. The molecular formula is C12H19FN4O3S. The molecule has 0 aliphatic heterocycles. The number of nitrogens with one attached hydrogen (secondary N) is 3. The van der Waals surface area contributed by atoms with Crippen LogP contribution in [0.1, 0.15) is 24.2 Å². The first-order chi connectivity index (χ1) is 9.91. The zero-order valence-corrected chi connectivity index (χ0v) is 12.8. The van der Waals surface area contributed by atoms with Crippen LogP contribution >= 0.6 is 0 Å². The highest BCUT2D eigenvalue weighted by molar-refractivity contribution is 7.89. The van der Waals surface area contributed by atoms with Gasteiger partial charge in [-0.2, -0.15) is 0 Å². The van der Waals surface area contributed by atoms with Gasteiger partial charge in [-0.25, -0.2) is 22.5 Å². The molecule has 0 aromatic carbocycles. The Morgan fingerprint density at radius 2 is 2.05 bits per heavy atom. The van der Waals surface area contributed by atoms with Crippen LogP contribution in [0.15, 0.2) is 12.3 Å². The Kier molecular flexibility index (Phi) is 6.50. The second kappa shape index (κ2) is 7.89. The molecule has 9 heteroatoms. The van der Waals surface area contributed by atoms with E-state index in [0.717, 1.165) is 0 Å². The first-order valence-corrected chi connectivity index (χ1v) is 8.20. The molecule has 0 saturated heterocycles. The van der Waals surface area contributed by atoms with Crippen LogP contribution < -0.4 is 15.4 Å². The quantitative estimate of drug-likeness (QED) is 0.641. The van der Waals surface area contributed by atoms with Crippen LogP contribution in [0.4, 0.5) is 10.2 Å². The molecule has 118 valence electrons. The Morgan fingerprint density at radius 3 is 2.67 bits per heavy atom. The summed E-state index contributed by atoms with van der Waals surface area (Å²) in [6, 6.07) is 1.24. The maximum atomic E-state index is 14.0. The maximum absolute atomic E-state index is 14.0. The molecule has 21 heavy (non-hydrogen) atoms. The van der Waals surface area contributed by atoms with Crippen LogP contribution in [0.25, 0.3) is 0 Å². The molecule has 0 unspecified atom stereocenters. The summed E-state index contributed by atoms with van der Waals surface area (Å²) in [4.78, 5) is 15.6. The Morgan fingerprint density at radius 1 is 1.33 bits per heavy atom. The van der Waals surface area contributed by atoms with Gasteiger partial charge in [0, 0.05) is 25.8 Å². The minimum absolute atomic E-state index is 0.00887. The van der Waals surface area contributed by atoms with Crippen LogP contribution in [-0.4, -0.2) is 44.7 Å². The summed E-state index contributed by atoms with van der Waals surface area (Å²) in [5.41, 5.74) is -0.179. The van der Waals surface area contributed by atoms with Gasteiger partial charge < -0.3 is 10.6 Å². The summed E-state index contributed by atoms with van der Waals surface area (Å²) in [7, 11) is -3.42. The van der Waals surface area contributed by atoms with E-state index in [2.05, 4.69) is 20.3 Å². The van der Waals surface area contributed by atoms with Crippen molar-refractivity contribution in [3.63, 3.8) is 0 Å². The molecule has 0 saturated carbocycles. The monoisotopic (exact) mass is 318 g/mol. The van der Waals surface area contributed by atoms with Crippen molar-refractivity contribution >= 4 is 21.7 Å². The first-order valence-electron chi connectivity index (χ1n) is 6.55. The zero-order valence-electron chi connectivity index (χ0n) is 11.9. The molecule has 1 aromatic heterocycles. The number of nitrogens with zero attached hydrogens (tertiary/aromatic N) is 1. The number of hydrogen-bond acceptors (Lipinski definition) is 5. The molecule has 7 nitrogen and oxygen atoms in total. The molecule has 1 amide bonds. The standard InChI is InChI=1S/C12H19FN4O3S/c1-3-14-11-10(13)9(5-6-15-11)12(18)16-7-8-21(19,20)17-4-2/h5-6,17H,3-4,7-8H2,1-2H3,(H,14,15)(H,16,18). The normalized spacial score (nSPS) is 11.2. The lowest BCUT2D eigenvalue weighted by Gasteiger charge is -2.09. The number of hydrogen-bond donors (Lipinski definition) is 3. The smallest absolute Gasteiger partial charge is 0.254 e. The lowest BCUT2D eigenvalue weighted by Crippen LogP contribution is -2.34. The van der Waals surface area contributed by atoms with Gasteiger partial charge in [0.15, 0.2) is 11.6 Å². The Bertz CT molecular complexity index is 592.